The van der Waals surface area contributed by atoms with Crippen molar-refractivity contribution in [1.29, 1.82) is 0 Å². The van der Waals surface area contributed by atoms with Crippen LogP contribution in [0.4, 0.5) is 0 Å². The van der Waals surface area contributed by atoms with Crippen LogP contribution in [0.5, 0.6) is 0 Å². The van der Waals surface area contributed by atoms with Crippen LogP contribution in [0.3, 0.4) is 0 Å². The molecule has 0 aromatic heterocycles. The maximum Gasteiger partial charge on any atom is 0.0689 e. The molecule has 9 heavy (non-hydrogen) atoms. The molecule has 0 fully saturated rings. The molecule has 0 aliphatic carbocycles. The third kappa shape index (κ3) is 5.08. The van der Waals surface area contributed by atoms with Crippen molar-refractivity contribution >= 4 is 21.6 Å². The van der Waals surface area contributed by atoms with Crippen LogP contribution < -0.4 is 11.1 Å². The van der Waals surface area contributed by atoms with Crippen molar-refractivity contribution in [2.75, 3.05) is 12.9 Å². The van der Waals surface area contributed by atoms with Crippen LogP contribution in [0.1, 0.15) is 13.8 Å². The Balaban J connectivity index is 3.33. The molecule has 0 amide bonds. The number of nitrogens with one attached hydrogen (secondary N) is 1. The van der Waals surface area contributed by atoms with Crippen LogP contribution in [0.2, 0.25) is 0 Å². The molecule has 0 spiro atoms. The first kappa shape index (κ1) is 9.62. The fourth-order valence-electron chi connectivity index (χ4n) is 0.223. The zero-order valence-electron chi connectivity index (χ0n) is 6.10. The maximum atomic E-state index is 5.30. The van der Waals surface area contributed by atoms with Crippen molar-refractivity contribution in [3.05, 3.63) is 0 Å². The molecule has 0 unspecified atom stereocenters. The Kier molecular flexibility index (Phi) is 4.74. The van der Waals surface area contributed by atoms with Crippen LogP contribution in [-0.4, -0.2) is 17.8 Å². The summed E-state index contributed by atoms with van der Waals surface area (Å²) in [6.45, 7) is 4.25. The van der Waals surface area contributed by atoms with E-state index in [4.69, 9.17) is 5.73 Å². The first-order valence-corrected chi connectivity index (χ1v) is 5.14. The highest BCUT2D eigenvalue weighted by Crippen LogP contribution is 2.31. The minimum absolute atomic E-state index is 0.143. The third-order valence-corrected chi connectivity index (χ3v) is 3.82. The Morgan fingerprint density at radius 3 is 2.44 bits per heavy atom. The van der Waals surface area contributed by atoms with E-state index in [-0.39, 0.29) is 4.87 Å². The van der Waals surface area contributed by atoms with Crippen molar-refractivity contribution in [3.8, 4) is 0 Å². The first-order valence-electron chi connectivity index (χ1n) is 2.82. The van der Waals surface area contributed by atoms with Crippen LogP contribution >= 0.6 is 21.6 Å². The summed E-state index contributed by atoms with van der Waals surface area (Å²) < 4.78 is 0. The Hall–Kier alpha value is 0.620. The van der Waals surface area contributed by atoms with Crippen molar-refractivity contribution in [2.45, 2.75) is 18.7 Å². The van der Waals surface area contributed by atoms with Gasteiger partial charge in [-0.3, -0.25) is 0 Å². The number of hydrogen-bond acceptors (Lipinski definition) is 4. The minimum atomic E-state index is 0.143. The van der Waals surface area contributed by atoms with Gasteiger partial charge in [-0.2, -0.15) is 0 Å². The summed E-state index contributed by atoms with van der Waals surface area (Å²) in [5.41, 5.74) is 5.30. The molecule has 0 rings (SSSR count). The van der Waals surface area contributed by atoms with Gasteiger partial charge in [-0.15, -0.1) is 0 Å². The normalized spacial score (nSPS) is 12.0. The highest BCUT2D eigenvalue weighted by Gasteiger charge is 2.13. The Morgan fingerprint density at radius 1 is 1.56 bits per heavy atom. The van der Waals surface area contributed by atoms with Crippen LogP contribution in [0.15, 0.2) is 0 Å². The molecular weight excluding hydrogens is 152 g/mol. The average molecular weight is 166 g/mol. The number of nitrogens with two attached hydrogens (primary N) is 1. The molecule has 0 atom stereocenters. The molecule has 2 nitrogen and oxygen atoms in total. The predicted molar refractivity (Wildman–Crippen MR) is 47.4 cm³/mol. The zero-order chi connectivity index (χ0) is 7.33. The summed E-state index contributed by atoms with van der Waals surface area (Å²) >= 11 is 0. The third-order valence-electron chi connectivity index (χ3n) is 0.937. The molecule has 0 aliphatic rings. The van der Waals surface area contributed by atoms with E-state index in [1.54, 1.807) is 21.6 Å². The lowest BCUT2D eigenvalue weighted by atomic mass is 10.4. The topological polar surface area (TPSA) is 38.0 Å². The van der Waals surface area contributed by atoms with Gasteiger partial charge < -0.3 is 11.1 Å². The molecule has 0 radical (unpaired) electrons. The van der Waals surface area contributed by atoms with E-state index in [0.29, 0.717) is 5.88 Å². The molecule has 3 N–H and O–H groups in total. The van der Waals surface area contributed by atoms with E-state index >= 15 is 0 Å². The lowest BCUT2D eigenvalue weighted by Crippen LogP contribution is -2.31. The van der Waals surface area contributed by atoms with E-state index < -0.39 is 0 Å². The highest BCUT2D eigenvalue weighted by molar-refractivity contribution is 8.77. The second-order valence-corrected chi connectivity index (χ2v) is 5.09. The second-order valence-electron chi connectivity index (χ2n) is 2.13. The summed E-state index contributed by atoms with van der Waals surface area (Å²) in [5, 5.41) is 3.16. The van der Waals surface area contributed by atoms with Gasteiger partial charge in [0.05, 0.1) is 4.87 Å². The van der Waals surface area contributed by atoms with Gasteiger partial charge in [-0.1, -0.05) is 21.6 Å². The van der Waals surface area contributed by atoms with Crippen molar-refractivity contribution in [2.24, 2.45) is 5.73 Å². The fraction of sp³-hybridized carbons (Fsp3) is 1.00. The highest BCUT2D eigenvalue weighted by atomic mass is 33.1. The largest absolute Gasteiger partial charge is 0.321 e. The lowest BCUT2D eigenvalue weighted by molar-refractivity contribution is 0.613. The number of hydrogen-bond donors (Lipinski definition) is 2. The summed E-state index contributed by atoms with van der Waals surface area (Å²) in [4.78, 5) is 0.143. The molecule has 4 heteroatoms. The monoisotopic (exact) mass is 166 g/mol. The van der Waals surface area contributed by atoms with Gasteiger partial charge in [-0.25, -0.2) is 0 Å². The first-order chi connectivity index (χ1) is 4.12. The number of rotatable bonds is 4. The van der Waals surface area contributed by atoms with E-state index in [9.17, 15) is 0 Å². The molecule has 0 aromatic rings. The van der Waals surface area contributed by atoms with Gasteiger partial charge in [0.25, 0.3) is 0 Å². The van der Waals surface area contributed by atoms with E-state index in [0.717, 1.165) is 0 Å². The molecule has 0 aromatic carbocycles. The molecule has 0 aliphatic heterocycles. The zero-order valence-corrected chi connectivity index (χ0v) is 7.73. The summed E-state index contributed by atoms with van der Waals surface area (Å²) in [7, 11) is 5.38. The Labute approximate surface area is 64.7 Å². The van der Waals surface area contributed by atoms with Crippen LogP contribution in [0, 0.1) is 0 Å². The van der Waals surface area contributed by atoms with Crippen molar-refractivity contribution in [1.82, 2.24) is 5.32 Å². The summed E-state index contributed by atoms with van der Waals surface area (Å²) in [6.07, 6.45) is 0. The van der Waals surface area contributed by atoms with E-state index in [1.807, 2.05) is 7.05 Å². The molecule has 56 valence electrons. The smallest absolute Gasteiger partial charge is 0.0689 e. The van der Waals surface area contributed by atoms with Crippen molar-refractivity contribution < 1.29 is 0 Å². The predicted octanol–water partition coefficient (Wildman–Crippen LogP) is 1.24. The van der Waals surface area contributed by atoms with Gasteiger partial charge in [0.15, 0.2) is 0 Å². The molecule has 0 bridgehead atoms. The lowest BCUT2D eigenvalue weighted by Gasteiger charge is -2.21. The second kappa shape index (κ2) is 4.44. The van der Waals surface area contributed by atoms with Crippen LogP contribution in [0.25, 0.3) is 0 Å². The van der Waals surface area contributed by atoms with Gasteiger partial charge in [0.2, 0.25) is 0 Å². The van der Waals surface area contributed by atoms with E-state index in [2.05, 4.69) is 19.2 Å². The van der Waals surface area contributed by atoms with Crippen LogP contribution in [-0.2, 0) is 0 Å². The average Bonchev–Trinajstić information content (AvgIpc) is 1.84. The Morgan fingerprint density at radius 2 is 2.11 bits per heavy atom. The van der Waals surface area contributed by atoms with Gasteiger partial charge in [0, 0.05) is 5.88 Å². The molecule has 0 saturated heterocycles. The Bertz CT molecular complexity index is 75.4. The quantitative estimate of drug-likeness (QED) is 0.487. The molecular formula is C5H14N2S2. The minimum Gasteiger partial charge on any atom is -0.321 e. The molecule has 0 heterocycles. The van der Waals surface area contributed by atoms with Gasteiger partial charge in [-0.05, 0) is 20.9 Å². The summed E-state index contributed by atoms with van der Waals surface area (Å²) in [6, 6.07) is 0. The van der Waals surface area contributed by atoms with E-state index in [1.165, 1.54) is 0 Å². The van der Waals surface area contributed by atoms with Crippen molar-refractivity contribution in [3.63, 3.8) is 0 Å². The summed E-state index contributed by atoms with van der Waals surface area (Å²) in [5.74, 6) is 0.676. The maximum absolute atomic E-state index is 5.30. The fourth-order valence-corrected chi connectivity index (χ4v) is 2.01. The SMILES string of the molecule is CNC(C)(C)SSCN. The standard InChI is InChI=1S/C5H14N2S2/c1-5(2,7-3)9-8-4-6/h7H,4,6H2,1-3H3. The van der Waals surface area contributed by atoms with Gasteiger partial charge >= 0.3 is 0 Å². The molecule has 0 saturated carbocycles. The van der Waals surface area contributed by atoms with Gasteiger partial charge in [0.1, 0.15) is 0 Å².